The summed E-state index contributed by atoms with van der Waals surface area (Å²) in [5.41, 5.74) is 0. The van der Waals surface area contributed by atoms with Crippen LogP contribution in [0.15, 0.2) is 41.6 Å². The lowest BCUT2D eigenvalue weighted by atomic mass is 10.2. The predicted molar refractivity (Wildman–Crippen MR) is 84.2 cm³/mol. The van der Waals surface area contributed by atoms with Crippen molar-refractivity contribution in [2.45, 2.75) is 10.9 Å². The Morgan fingerprint density at radius 2 is 2.23 bits per heavy atom. The van der Waals surface area contributed by atoms with Crippen LogP contribution < -0.4 is 5.32 Å². The third-order valence-corrected chi connectivity index (χ3v) is 5.89. The number of rotatable bonds is 3. The Morgan fingerprint density at radius 1 is 1.41 bits per heavy atom. The topological polar surface area (TPSA) is 67.2 Å². The van der Waals surface area contributed by atoms with Crippen molar-refractivity contribution in [1.82, 2.24) is 19.2 Å². The predicted octanol–water partition coefficient (Wildman–Crippen LogP) is 1.41. The smallest absolute Gasteiger partial charge is 0.243 e. The van der Waals surface area contributed by atoms with E-state index in [-0.39, 0.29) is 10.9 Å². The van der Waals surface area contributed by atoms with Gasteiger partial charge in [0.25, 0.3) is 0 Å². The normalized spacial score (nSPS) is 20.2. The summed E-state index contributed by atoms with van der Waals surface area (Å²) in [7, 11) is -1.76. The number of nitrogens with zero attached hydrogens (tertiary/aromatic N) is 3. The highest BCUT2D eigenvalue weighted by Gasteiger charge is 2.36. The molecule has 1 aliphatic heterocycles. The van der Waals surface area contributed by atoms with Crippen molar-refractivity contribution in [2.75, 3.05) is 19.6 Å². The molecule has 3 rings (SSSR count). The minimum absolute atomic E-state index is 0.209. The average Bonchev–Trinajstić information content (AvgIpc) is 2.93. The van der Waals surface area contributed by atoms with E-state index in [2.05, 4.69) is 10.3 Å². The van der Waals surface area contributed by atoms with Crippen LogP contribution in [0.25, 0.3) is 0 Å². The highest BCUT2D eigenvalue weighted by atomic mass is 35.5. The van der Waals surface area contributed by atoms with E-state index in [1.807, 2.05) is 17.8 Å². The van der Waals surface area contributed by atoms with E-state index in [1.165, 1.54) is 10.4 Å². The van der Waals surface area contributed by atoms with Gasteiger partial charge in [0.05, 0.1) is 10.9 Å². The molecule has 22 heavy (non-hydrogen) atoms. The first kappa shape index (κ1) is 15.5. The SMILES string of the molecule is Cn1ccnc1C1CNCCN1S(=O)(=O)c1cccc(Cl)c1. The van der Waals surface area contributed by atoms with Crippen LogP contribution in [-0.4, -0.2) is 41.9 Å². The van der Waals surface area contributed by atoms with Gasteiger partial charge < -0.3 is 9.88 Å². The van der Waals surface area contributed by atoms with Crippen molar-refractivity contribution in [1.29, 1.82) is 0 Å². The van der Waals surface area contributed by atoms with E-state index in [0.29, 0.717) is 24.7 Å². The summed E-state index contributed by atoms with van der Waals surface area (Å²) in [5, 5.41) is 3.64. The number of benzene rings is 1. The molecular formula is C14H17ClN4O2S. The Hall–Kier alpha value is -1.41. The molecular weight excluding hydrogens is 324 g/mol. The molecule has 0 spiro atoms. The number of piperazine rings is 1. The van der Waals surface area contributed by atoms with Crippen LogP contribution >= 0.6 is 11.6 Å². The molecule has 0 aliphatic carbocycles. The van der Waals surface area contributed by atoms with Crippen LogP contribution in [0.2, 0.25) is 5.02 Å². The lowest BCUT2D eigenvalue weighted by Gasteiger charge is -2.34. The maximum absolute atomic E-state index is 13.0. The van der Waals surface area contributed by atoms with Crippen LogP contribution in [0.3, 0.4) is 0 Å². The third kappa shape index (κ3) is 2.77. The average molecular weight is 341 g/mol. The number of aromatic nitrogens is 2. The number of halogens is 1. The molecule has 1 unspecified atom stereocenters. The number of sulfonamides is 1. The second-order valence-corrected chi connectivity index (χ2v) is 7.52. The van der Waals surface area contributed by atoms with Crippen molar-refractivity contribution < 1.29 is 8.42 Å². The molecule has 118 valence electrons. The molecule has 1 atom stereocenters. The molecule has 1 aromatic carbocycles. The maximum atomic E-state index is 13.0. The Morgan fingerprint density at radius 3 is 2.91 bits per heavy atom. The minimum Gasteiger partial charge on any atom is -0.337 e. The van der Waals surface area contributed by atoms with E-state index in [4.69, 9.17) is 11.6 Å². The molecule has 6 nitrogen and oxygen atoms in total. The van der Waals surface area contributed by atoms with E-state index in [1.54, 1.807) is 24.4 Å². The van der Waals surface area contributed by atoms with Gasteiger partial charge in [0, 0.05) is 44.1 Å². The molecule has 0 saturated carbocycles. The lowest BCUT2D eigenvalue weighted by molar-refractivity contribution is 0.258. The summed E-state index contributed by atoms with van der Waals surface area (Å²) < 4.78 is 29.3. The molecule has 1 fully saturated rings. The van der Waals surface area contributed by atoms with E-state index < -0.39 is 10.0 Å². The monoisotopic (exact) mass is 340 g/mol. The number of nitrogens with one attached hydrogen (secondary N) is 1. The standard InChI is InChI=1S/C14H17ClN4O2S/c1-18-7-6-17-14(18)13-10-16-5-8-19(13)22(20,21)12-4-2-3-11(15)9-12/h2-4,6-7,9,13,16H,5,8,10H2,1H3. The van der Waals surface area contributed by atoms with Gasteiger partial charge in [-0.15, -0.1) is 0 Å². The van der Waals surface area contributed by atoms with Crippen molar-refractivity contribution in [3.63, 3.8) is 0 Å². The Labute approximate surface area is 134 Å². The summed E-state index contributed by atoms with van der Waals surface area (Å²) in [4.78, 5) is 4.51. The van der Waals surface area contributed by atoms with Crippen LogP contribution in [-0.2, 0) is 17.1 Å². The first-order valence-electron chi connectivity index (χ1n) is 6.95. The lowest BCUT2D eigenvalue weighted by Crippen LogP contribution is -2.49. The fourth-order valence-corrected chi connectivity index (χ4v) is 4.54. The molecule has 0 bridgehead atoms. The van der Waals surface area contributed by atoms with Crippen LogP contribution in [0.4, 0.5) is 0 Å². The number of aryl methyl sites for hydroxylation is 1. The molecule has 1 saturated heterocycles. The molecule has 1 N–H and O–H groups in total. The van der Waals surface area contributed by atoms with Crippen molar-refractivity contribution in [3.8, 4) is 0 Å². The first-order valence-corrected chi connectivity index (χ1v) is 8.77. The second kappa shape index (κ2) is 6.00. The van der Waals surface area contributed by atoms with Gasteiger partial charge in [0.15, 0.2) is 0 Å². The number of imidazole rings is 1. The minimum atomic E-state index is -3.62. The van der Waals surface area contributed by atoms with Crippen LogP contribution in [0.1, 0.15) is 11.9 Å². The van der Waals surface area contributed by atoms with Crippen molar-refractivity contribution in [3.05, 3.63) is 47.5 Å². The number of hydrogen-bond donors (Lipinski definition) is 1. The zero-order valence-corrected chi connectivity index (χ0v) is 13.7. The van der Waals surface area contributed by atoms with Crippen LogP contribution in [0, 0.1) is 0 Å². The van der Waals surface area contributed by atoms with Crippen LogP contribution in [0.5, 0.6) is 0 Å². The van der Waals surface area contributed by atoms with Gasteiger partial charge in [-0.05, 0) is 18.2 Å². The third-order valence-electron chi connectivity index (χ3n) is 3.75. The Bertz CT molecular complexity index is 775. The zero-order valence-electron chi connectivity index (χ0n) is 12.1. The fraction of sp³-hybridized carbons (Fsp3) is 0.357. The molecule has 1 aliphatic rings. The molecule has 2 heterocycles. The zero-order chi connectivity index (χ0) is 15.7. The Kier molecular flexibility index (Phi) is 4.22. The molecule has 8 heteroatoms. The van der Waals surface area contributed by atoms with Gasteiger partial charge in [-0.1, -0.05) is 17.7 Å². The highest BCUT2D eigenvalue weighted by Crippen LogP contribution is 2.28. The van der Waals surface area contributed by atoms with E-state index >= 15 is 0 Å². The van der Waals surface area contributed by atoms with Gasteiger partial charge in [-0.3, -0.25) is 0 Å². The van der Waals surface area contributed by atoms with Gasteiger partial charge in [0.1, 0.15) is 5.82 Å². The van der Waals surface area contributed by atoms with Gasteiger partial charge in [-0.2, -0.15) is 4.31 Å². The quantitative estimate of drug-likeness (QED) is 0.917. The van der Waals surface area contributed by atoms with Crippen molar-refractivity contribution in [2.24, 2.45) is 7.05 Å². The molecule has 0 radical (unpaired) electrons. The van der Waals surface area contributed by atoms with Gasteiger partial charge >= 0.3 is 0 Å². The summed E-state index contributed by atoms with van der Waals surface area (Å²) >= 11 is 5.94. The summed E-state index contributed by atoms with van der Waals surface area (Å²) in [6.07, 6.45) is 3.49. The molecule has 2 aromatic rings. The maximum Gasteiger partial charge on any atom is 0.243 e. The molecule has 0 amide bonds. The second-order valence-electron chi connectivity index (χ2n) is 5.19. The summed E-state index contributed by atoms with van der Waals surface area (Å²) in [5.74, 6) is 0.720. The first-order chi connectivity index (χ1) is 10.5. The van der Waals surface area contributed by atoms with E-state index in [9.17, 15) is 8.42 Å². The molecule has 1 aromatic heterocycles. The van der Waals surface area contributed by atoms with Gasteiger partial charge in [-0.25, -0.2) is 13.4 Å². The summed E-state index contributed by atoms with van der Waals surface area (Å²) in [6.45, 7) is 1.54. The van der Waals surface area contributed by atoms with E-state index in [0.717, 1.165) is 5.82 Å². The summed E-state index contributed by atoms with van der Waals surface area (Å²) in [6, 6.07) is 6.02. The Balaban J connectivity index is 2.02. The van der Waals surface area contributed by atoms with Gasteiger partial charge in [0.2, 0.25) is 10.0 Å². The van der Waals surface area contributed by atoms with Crippen molar-refractivity contribution >= 4 is 21.6 Å². The largest absolute Gasteiger partial charge is 0.337 e. The highest BCUT2D eigenvalue weighted by molar-refractivity contribution is 7.89. The number of hydrogen-bond acceptors (Lipinski definition) is 4. The fourth-order valence-electron chi connectivity index (χ4n) is 2.65.